The Hall–Kier alpha value is -4.00. The van der Waals surface area contributed by atoms with Gasteiger partial charge in [-0.05, 0) is 94.6 Å². The van der Waals surface area contributed by atoms with Gasteiger partial charge in [0.15, 0.2) is 5.65 Å². The van der Waals surface area contributed by atoms with Crippen LogP contribution in [0.15, 0.2) is 85.6 Å². The molecule has 0 bridgehead atoms. The Kier molecular flexibility index (Phi) is 9.35. The third-order valence-electron chi connectivity index (χ3n) is 7.83. The van der Waals surface area contributed by atoms with Crippen molar-refractivity contribution < 1.29 is 0 Å². The summed E-state index contributed by atoms with van der Waals surface area (Å²) >= 11 is 1.77. The molecule has 4 aromatic heterocycles. The summed E-state index contributed by atoms with van der Waals surface area (Å²) < 4.78 is 0. The van der Waals surface area contributed by atoms with Crippen molar-refractivity contribution in [3.05, 3.63) is 112 Å². The SMILES string of the molecule is C=C/C(=C\C(=C/C)c1cnc2n[nH]c(-c3cc(/C(=C\C=C/C)c4ccc(C(=C)C)s4)c(C)[nH]3)c2c1)CN1CCCCC1. The lowest BCUT2D eigenvalue weighted by Crippen LogP contribution is -2.31. The molecule has 0 saturated carbocycles. The average Bonchev–Trinajstić information content (AvgIpc) is 3.75. The molecule has 5 heterocycles. The molecule has 1 aliphatic rings. The summed E-state index contributed by atoms with van der Waals surface area (Å²) in [7, 11) is 0. The molecular weight excluding hydrogens is 534 g/mol. The fourth-order valence-electron chi connectivity index (χ4n) is 5.52. The number of aromatic nitrogens is 4. The van der Waals surface area contributed by atoms with E-state index < -0.39 is 0 Å². The minimum Gasteiger partial charge on any atom is -0.357 e. The number of thiophene rings is 1. The topological polar surface area (TPSA) is 60.6 Å². The van der Waals surface area contributed by atoms with Gasteiger partial charge in [0.25, 0.3) is 0 Å². The van der Waals surface area contributed by atoms with Crippen LogP contribution < -0.4 is 0 Å². The number of nitrogens with one attached hydrogen (secondary N) is 2. The number of H-pyrrole nitrogens is 2. The Morgan fingerprint density at radius 1 is 1.12 bits per heavy atom. The Labute approximate surface area is 253 Å². The molecule has 0 aliphatic carbocycles. The van der Waals surface area contributed by atoms with Crippen LogP contribution in [0.1, 0.15) is 66.6 Å². The number of hydrogen-bond acceptors (Lipinski definition) is 4. The van der Waals surface area contributed by atoms with Crippen LogP contribution in [0.2, 0.25) is 0 Å². The monoisotopic (exact) mass is 575 g/mol. The molecule has 6 heteroatoms. The summed E-state index contributed by atoms with van der Waals surface area (Å²) in [6, 6.07) is 8.75. The lowest BCUT2D eigenvalue weighted by atomic mass is 10.0. The molecule has 2 N–H and O–H groups in total. The minimum atomic E-state index is 0.702. The van der Waals surface area contributed by atoms with Gasteiger partial charge in [0.2, 0.25) is 0 Å². The van der Waals surface area contributed by atoms with Crippen molar-refractivity contribution in [1.82, 2.24) is 25.1 Å². The van der Waals surface area contributed by atoms with Crippen LogP contribution in [0, 0.1) is 6.92 Å². The van der Waals surface area contributed by atoms with E-state index in [4.69, 9.17) is 4.98 Å². The van der Waals surface area contributed by atoms with E-state index >= 15 is 0 Å². The van der Waals surface area contributed by atoms with Crippen molar-refractivity contribution in [1.29, 1.82) is 0 Å². The third-order valence-corrected chi connectivity index (χ3v) is 9.11. The molecular formula is C36H41N5S. The first-order chi connectivity index (χ1) is 20.4. The number of aryl methyl sites for hydroxylation is 1. The molecule has 1 saturated heterocycles. The molecule has 216 valence electrons. The molecule has 42 heavy (non-hydrogen) atoms. The summed E-state index contributed by atoms with van der Waals surface area (Å²) in [6.07, 6.45) is 18.5. The lowest BCUT2D eigenvalue weighted by molar-refractivity contribution is 0.248. The molecule has 5 rings (SSSR count). The highest BCUT2D eigenvalue weighted by Gasteiger charge is 2.18. The van der Waals surface area contributed by atoms with Crippen molar-refractivity contribution in [2.75, 3.05) is 19.6 Å². The molecule has 0 unspecified atom stereocenters. The molecule has 1 aliphatic heterocycles. The fourth-order valence-corrected chi connectivity index (χ4v) is 6.49. The Morgan fingerprint density at radius 3 is 2.60 bits per heavy atom. The first-order valence-electron chi connectivity index (χ1n) is 14.8. The van der Waals surface area contributed by atoms with Crippen LogP contribution in [-0.4, -0.2) is 44.7 Å². The van der Waals surface area contributed by atoms with Crippen LogP contribution in [-0.2, 0) is 0 Å². The number of pyridine rings is 1. The highest BCUT2D eigenvalue weighted by Crippen LogP contribution is 2.37. The van der Waals surface area contributed by atoms with Crippen molar-refractivity contribution in [2.45, 2.75) is 47.0 Å². The van der Waals surface area contributed by atoms with Gasteiger partial charge in [0, 0.05) is 50.3 Å². The zero-order valence-electron chi connectivity index (χ0n) is 25.3. The zero-order chi connectivity index (χ0) is 29.6. The summed E-state index contributed by atoms with van der Waals surface area (Å²) in [5, 5.41) is 8.79. The highest BCUT2D eigenvalue weighted by atomic mass is 32.1. The predicted octanol–water partition coefficient (Wildman–Crippen LogP) is 9.37. The second-order valence-corrected chi connectivity index (χ2v) is 12.1. The summed E-state index contributed by atoms with van der Waals surface area (Å²) in [4.78, 5) is 13.3. The number of allylic oxidation sites excluding steroid dienone is 7. The summed E-state index contributed by atoms with van der Waals surface area (Å²) in [6.45, 7) is 19.8. The number of rotatable bonds is 10. The molecule has 0 spiro atoms. The minimum absolute atomic E-state index is 0.702. The van der Waals surface area contributed by atoms with Gasteiger partial charge in [-0.2, -0.15) is 5.10 Å². The smallest absolute Gasteiger partial charge is 0.181 e. The molecule has 4 aromatic rings. The quantitative estimate of drug-likeness (QED) is 0.185. The van der Waals surface area contributed by atoms with Crippen LogP contribution >= 0.6 is 11.3 Å². The number of piperidine rings is 1. The van der Waals surface area contributed by atoms with E-state index in [1.54, 1.807) is 11.3 Å². The van der Waals surface area contributed by atoms with Gasteiger partial charge >= 0.3 is 0 Å². The second-order valence-electron chi connectivity index (χ2n) is 11.0. The van der Waals surface area contributed by atoms with Crippen molar-refractivity contribution >= 4 is 39.1 Å². The Balaban J connectivity index is 1.50. The lowest BCUT2D eigenvalue weighted by Gasteiger charge is -2.26. The third kappa shape index (κ3) is 6.40. The van der Waals surface area contributed by atoms with E-state index in [2.05, 4.69) is 109 Å². The summed E-state index contributed by atoms with van der Waals surface area (Å²) in [5.41, 5.74) is 10.6. The van der Waals surface area contributed by atoms with Gasteiger partial charge in [-0.3, -0.25) is 10.00 Å². The van der Waals surface area contributed by atoms with Gasteiger partial charge in [0.05, 0.1) is 11.4 Å². The van der Waals surface area contributed by atoms with E-state index in [1.165, 1.54) is 40.2 Å². The number of fused-ring (bicyclic) bond motifs is 1. The van der Waals surface area contributed by atoms with Crippen molar-refractivity contribution in [3.63, 3.8) is 0 Å². The first kappa shape index (κ1) is 29.5. The van der Waals surface area contributed by atoms with Gasteiger partial charge in [-0.1, -0.05) is 56.0 Å². The van der Waals surface area contributed by atoms with Crippen LogP contribution in [0.3, 0.4) is 0 Å². The van der Waals surface area contributed by atoms with Crippen LogP contribution in [0.4, 0.5) is 0 Å². The van der Waals surface area contributed by atoms with E-state index in [0.717, 1.165) is 64.4 Å². The van der Waals surface area contributed by atoms with E-state index in [0.29, 0.717) is 5.65 Å². The molecule has 0 radical (unpaired) electrons. The number of aromatic amines is 2. The van der Waals surface area contributed by atoms with Gasteiger partial charge in [-0.15, -0.1) is 11.3 Å². The van der Waals surface area contributed by atoms with Gasteiger partial charge in [0.1, 0.15) is 0 Å². The molecule has 0 aromatic carbocycles. The zero-order valence-corrected chi connectivity index (χ0v) is 26.1. The normalized spacial score (nSPS) is 15.7. The second kappa shape index (κ2) is 13.3. The van der Waals surface area contributed by atoms with Gasteiger partial charge < -0.3 is 4.98 Å². The van der Waals surface area contributed by atoms with E-state index in [1.807, 2.05) is 19.2 Å². The molecule has 1 fully saturated rings. The van der Waals surface area contributed by atoms with E-state index in [-0.39, 0.29) is 0 Å². The van der Waals surface area contributed by atoms with Crippen molar-refractivity contribution in [2.24, 2.45) is 0 Å². The maximum atomic E-state index is 4.73. The average molecular weight is 576 g/mol. The van der Waals surface area contributed by atoms with E-state index in [9.17, 15) is 0 Å². The van der Waals surface area contributed by atoms with Crippen molar-refractivity contribution in [3.8, 4) is 11.4 Å². The van der Waals surface area contributed by atoms with Crippen LogP contribution in [0.5, 0.6) is 0 Å². The highest BCUT2D eigenvalue weighted by molar-refractivity contribution is 7.14. The maximum absolute atomic E-state index is 4.73. The number of likely N-dealkylation sites (tertiary alicyclic amines) is 1. The maximum Gasteiger partial charge on any atom is 0.181 e. The van der Waals surface area contributed by atoms with Crippen LogP contribution in [0.25, 0.3) is 39.1 Å². The summed E-state index contributed by atoms with van der Waals surface area (Å²) in [5.74, 6) is 0. The Morgan fingerprint density at radius 2 is 1.90 bits per heavy atom. The van der Waals surface area contributed by atoms with Gasteiger partial charge in [-0.25, -0.2) is 4.98 Å². The number of hydrogen-bond donors (Lipinski definition) is 2. The standard InChI is InChI=1S/C36H41N5S/c1-7-10-14-29(34-16-15-33(42-34)24(4)5)30-21-32(38-25(30)6)35-31-20-28(22-37-36(31)40-39-35)27(9-3)19-26(8-2)23-41-17-12-11-13-18-41/h7-10,14-16,19-22,38H,2,4,11-13,17-18,23H2,1,3,5-6H3,(H,37,39,40)/b10-7-,26-19+,27-9+,29-14+. The molecule has 0 atom stereocenters. The fraction of sp³-hybridized carbons (Fsp3) is 0.278. The molecule has 5 nitrogen and oxygen atoms in total. The molecule has 0 amide bonds. The predicted molar refractivity (Wildman–Crippen MR) is 182 cm³/mol. The number of nitrogens with zero attached hydrogens (tertiary/aromatic N) is 3. The Bertz CT molecular complexity index is 1710. The largest absolute Gasteiger partial charge is 0.357 e. The first-order valence-corrected chi connectivity index (χ1v) is 15.6.